The van der Waals surface area contributed by atoms with Gasteiger partial charge in [0.25, 0.3) is 0 Å². The van der Waals surface area contributed by atoms with Gasteiger partial charge in [0.15, 0.2) is 17.5 Å². The molecule has 0 saturated heterocycles. The monoisotopic (exact) mass is 555 g/mol. The lowest BCUT2D eigenvalue weighted by Crippen LogP contribution is -2.40. The third-order valence-electron chi connectivity index (χ3n) is 4.57. The van der Waals surface area contributed by atoms with E-state index in [4.69, 9.17) is 16.3 Å². The number of ether oxygens (including phenoxy) is 1. The summed E-state index contributed by atoms with van der Waals surface area (Å²) < 4.78 is 6.99. The zero-order valence-electron chi connectivity index (χ0n) is 17.5. The molecule has 0 aliphatic heterocycles. The molecule has 1 unspecified atom stereocenters. The Kier molecular flexibility index (Phi) is 9.93. The number of aliphatic imine (C=N–C) groups is 1. The number of nitrogens with one attached hydrogen (secondary N) is 2. The van der Waals surface area contributed by atoms with Crippen LogP contribution in [0.4, 0.5) is 0 Å². The Labute approximate surface area is 204 Å². The van der Waals surface area contributed by atoms with E-state index in [0.717, 1.165) is 17.7 Å². The summed E-state index contributed by atoms with van der Waals surface area (Å²) in [6.45, 7) is 3.75. The highest BCUT2D eigenvalue weighted by molar-refractivity contribution is 14.0. The van der Waals surface area contributed by atoms with Gasteiger partial charge >= 0.3 is 0 Å². The summed E-state index contributed by atoms with van der Waals surface area (Å²) in [5.74, 6) is 1.22. The van der Waals surface area contributed by atoms with Gasteiger partial charge in [-0.25, -0.2) is 4.99 Å². The summed E-state index contributed by atoms with van der Waals surface area (Å²) in [6, 6.07) is 14.9. The smallest absolute Gasteiger partial charge is 0.191 e. The molecule has 0 amide bonds. The van der Waals surface area contributed by atoms with Gasteiger partial charge in [-0.2, -0.15) is 5.10 Å². The van der Waals surface area contributed by atoms with Crippen LogP contribution in [-0.4, -0.2) is 41.0 Å². The molecule has 166 valence electrons. The number of nitrogens with zero attached hydrogens (tertiary/aromatic N) is 3. The van der Waals surface area contributed by atoms with E-state index in [1.165, 1.54) is 7.11 Å². The molecule has 0 fully saturated rings. The van der Waals surface area contributed by atoms with Crippen molar-refractivity contribution in [2.24, 2.45) is 4.99 Å². The first-order chi connectivity index (χ1) is 14.6. The second-order valence-corrected chi connectivity index (χ2v) is 7.07. The molecule has 7 nitrogen and oxygen atoms in total. The van der Waals surface area contributed by atoms with Crippen LogP contribution in [0, 0.1) is 0 Å². The molecular formula is C22H27ClIN5O2. The first kappa shape index (κ1) is 24.8. The van der Waals surface area contributed by atoms with E-state index in [1.807, 2.05) is 54.2 Å². The van der Waals surface area contributed by atoms with Crippen LogP contribution in [0.15, 0.2) is 65.9 Å². The highest BCUT2D eigenvalue weighted by Crippen LogP contribution is 2.26. The Morgan fingerprint density at radius 1 is 1.23 bits per heavy atom. The molecule has 0 saturated carbocycles. The summed E-state index contributed by atoms with van der Waals surface area (Å²) in [5.41, 5.74) is 1.97. The van der Waals surface area contributed by atoms with Crippen molar-refractivity contribution in [2.45, 2.75) is 19.5 Å². The molecule has 1 heterocycles. The molecule has 3 N–H and O–H groups in total. The number of guanidine groups is 1. The third-order valence-corrected chi connectivity index (χ3v) is 4.82. The number of rotatable bonds is 8. The van der Waals surface area contributed by atoms with Crippen molar-refractivity contribution >= 4 is 41.5 Å². The van der Waals surface area contributed by atoms with Crippen LogP contribution in [0.5, 0.6) is 11.5 Å². The number of hydrogen-bond acceptors (Lipinski definition) is 4. The fraction of sp³-hybridized carbons (Fsp3) is 0.273. The molecule has 1 atom stereocenters. The van der Waals surface area contributed by atoms with Gasteiger partial charge in [0.1, 0.15) is 0 Å². The Balaban J connectivity index is 0.00000341. The average molecular weight is 556 g/mol. The topological polar surface area (TPSA) is 83.7 Å². The number of benzene rings is 2. The lowest BCUT2D eigenvalue weighted by molar-refractivity contribution is 0.373. The minimum Gasteiger partial charge on any atom is -0.504 e. The molecule has 3 rings (SSSR count). The maximum absolute atomic E-state index is 9.96. The first-order valence-electron chi connectivity index (χ1n) is 9.73. The lowest BCUT2D eigenvalue weighted by atomic mass is 10.1. The van der Waals surface area contributed by atoms with E-state index in [-0.39, 0.29) is 35.8 Å². The van der Waals surface area contributed by atoms with Crippen LogP contribution in [0.25, 0.3) is 0 Å². The van der Waals surface area contributed by atoms with Gasteiger partial charge in [0.2, 0.25) is 0 Å². The SMILES string of the molecule is CCNC(=NCc1ccc(OC)c(O)c1)NCC(c1ccc(Cl)cc1)n1cccn1.I. The molecule has 2 aromatic carbocycles. The van der Waals surface area contributed by atoms with Gasteiger partial charge in [-0.05, 0) is 48.4 Å². The molecule has 0 aliphatic carbocycles. The molecule has 0 spiro atoms. The quantitative estimate of drug-likeness (QED) is 0.220. The van der Waals surface area contributed by atoms with Crippen LogP contribution in [-0.2, 0) is 6.54 Å². The number of methoxy groups -OCH3 is 1. The van der Waals surface area contributed by atoms with Gasteiger partial charge in [-0.1, -0.05) is 29.8 Å². The second-order valence-electron chi connectivity index (χ2n) is 6.64. The highest BCUT2D eigenvalue weighted by Gasteiger charge is 2.15. The summed E-state index contributed by atoms with van der Waals surface area (Å²) in [6.07, 6.45) is 3.70. The van der Waals surface area contributed by atoms with Gasteiger partial charge < -0.3 is 20.5 Å². The van der Waals surface area contributed by atoms with E-state index >= 15 is 0 Å². The predicted molar refractivity (Wildman–Crippen MR) is 135 cm³/mol. The number of hydrogen-bond donors (Lipinski definition) is 3. The van der Waals surface area contributed by atoms with E-state index in [9.17, 15) is 5.11 Å². The Bertz CT molecular complexity index is 965. The zero-order chi connectivity index (χ0) is 21.3. The van der Waals surface area contributed by atoms with Crippen LogP contribution < -0.4 is 15.4 Å². The maximum Gasteiger partial charge on any atom is 0.191 e. The van der Waals surface area contributed by atoms with Crippen molar-refractivity contribution < 1.29 is 9.84 Å². The Hall–Kier alpha value is -2.46. The van der Waals surface area contributed by atoms with Gasteiger partial charge in [0.05, 0.1) is 19.7 Å². The van der Waals surface area contributed by atoms with Crippen LogP contribution >= 0.6 is 35.6 Å². The number of halogens is 2. The summed E-state index contributed by atoms with van der Waals surface area (Å²) in [4.78, 5) is 4.63. The van der Waals surface area contributed by atoms with E-state index in [0.29, 0.717) is 29.8 Å². The largest absolute Gasteiger partial charge is 0.504 e. The van der Waals surface area contributed by atoms with Gasteiger partial charge in [-0.3, -0.25) is 4.68 Å². The molecule has 3 aromatic rings. The third kappa shape index (κ3) is 7.03. The Morgan fingerprint density at radius 2 is 2.00 bits per heavy atom. The number of phenols is 1. The van der Waals surface area contributed by atoms with Crippen molar-refractivity contribution in [2.75, 3.05) is 20.2 Å². The van der Waals surface area contributed by atoms with E-state index < -0.39 is 0 Å². The molecule has 0 radical (unpaired) electrons. The van der Waals surface area contributed by atoms with Crippen molar-refractivity contribution in [3.63, 3.8) is 0 Å². The van der Waals surface area contributed by atoms with Crippen molar-refractivity contribution in [3.05, 3.63) is 77.1 Å². The number of aromatic nitrogens is 2. The minimum absolute atomic E-state index is 0. The average Bonchev–Trinajstić information content (AvgIpc) is 3.28. The van der Waals surface area contributed by atoms with E-state index in [1.54, 1.807) is 18.3 Å². The maximum atomic E-state index is 9.96. The van der Waals surface area contributed by atoms with Crippen LogP contribution in [0.2, 0.25) is 5.02 Å². The first-order valence-corrected chi connectivity index (χ1v) is 10.1. The minimum atomic E-state index is -0.0221. The lowest BCUT2D eigenvalue weighted by Gasteiger charge is -2.20. The van der Waals surface area contributed by atoms with Crippen LogP contribution in [0.1, 0.15) is 24.1 Å². The van der Waals surface area contributed by atoms with E-state index in [2.05, 4.69) is 20.7 Å². The van der Waals surface area contributed by atoms with Gasteiger partial charge in [-0.15, -0.1) is 24.0 Å². The Morgan fingerprint density at radius 3 is 2.61 bits per heavy atom. The molecule has 0 bridgehead atoms. The number of phenolic OH excluding ortho intramolecular Hbond substituents is 1. The fourth-order valence-electron chi connectivity index (χ4n) is 3.05. The molecule has 0 aliphatic rings. The van der Waals surface area contributed by atoms with Crippen LogP contribution in [0.3, 0.4) is 0 Å². The zero-order valence-corrected chi connectivity index (χ0v) is 20.5. The normalized spacial score (nSPS) is 12.0. The van der Waals surface area contributed by atoms with Gasteiger partial charge in [0, 0.05) is 30.5 Å². The predicted octanol–water partition coefficient (Wildman–Crippen LogP) is 4.21. The standard InChI is InChI=1S/C22H26ClN5O2.HI/c1-3-24-22(25-14-16-5-10-21(30-2)20(29)13-16)26-15-19(28-12-4-11-27-28)17-6-8-18(23)9-7-17;/h4-13,19,29H,3,14-15H2,1-2H3,(H2,24,25,26);1H. The highest BCUT2D eigenvalue weighted by atomic mass is 127. The summed E-state index contributed by atoms with van der Waals surface area (Å²) in [7, 11) is 1.52. The summed E-state index contributed by atoms with van der Waals surface area (Å²) in [5, 5.41) is 21.7. The molecule has 31 heavy (non-hydrogen) atoms. The summed E-state index contributed by atoms with van der Waals surface area (Å²) >= 11 is 6.05. The second kappa shape index (κ2) is 12.4. The molecule has 1 aromatic heterocycles. The fourth-order valence-corrected chi connectivity index (χ4v) is 3.18. The number of aromatic hydroxyl groups is 1. The molecular weight excluding hydrogens is 529 g/mol. The van der Waals surface area contributed by atoms with Crippen molar-refractivity contribution in [3.8, 4) is 11.5 Å². The van der Waals surface area contributed by atoms with Crippen molar-refractivity contribution in [1.29, 1.82) is 0 Å². The van der Waals surface area contributed by atoms with Crippen molar-refractivity contribution in [1.82, 2.24) is 20.4 Å². The molecule has 9 heteroatoms.